The lowest BCUT2D eigenvalue weighted by Gasteiger charge is -2.39. The maximum Gasteiger partial charge on any atom is 0.184 e. The first-order valence-electron chi connectivity index (χ1n) is 9.41. The van der Waals surface area contributed by atoms with E-state index in [9.17, 15) is 5.11 Å². The SMILES string of the molecule is CC1(O)CCC=C1OC(c1ccccc1)(c1ccccc1)c1ccccc1. The lowest BCUT2D eigenvalue weighted by atomic mass is 9.80. The van der Waals surface area contributed by atoms with E-state index in [0.29, 0.717) is 12.2 Å². The summed E-state index contributed by atoms with van der Waals surface area (Å²) >= 11 is 0. The van der Waals surface area contributed by atoms with Gasteiger partial charge in [-0.2, -0.15) is 0 Å². The second-order valence-electron chi connectivity index (χ2n) is 7.26. The molecule has 0 saturated heterocycles. The number of hydrogen-bond acceptors (Lipinski definition) is 2. The van der Waals surface area contributed by atoms with E-state index in [1.165, 1.54) is 0 Å². The molecule has 3 aromatic rings. The maximum atomic E-state index is 10.9. The molecule has 1 aliphatic carbocycles. The van der Waals surface area contributed by atoms with Gasteiger partial charge in [-0.15, -0.1) is 0 Å². The topological polar surface area (TPSA) is 29.5 Å². The van der Waals surface area contributed by atoms with E-state index in [-0.39, 0.29) is 0 Å². The first kappa shape index (κ1) is 17.6. The van der Waals surface area contributed by atoms with Crippen molar-refractivity contribution in [2.24, 2.45) is 0 Å². The van der Waals surface area contributed by atoms with Crippen molar-refractivity contribution in [1.29, 1.82) is 0 Å². The van der Waals surface area contributed by atoms with Crippen molar-refractivity contribution >= 4 is 0 Å². The van der Waals surface area contributed by atoms with E-state index in [1.807, 2.05) is 67.6 Å². The molecule has 0 heterocycles. The summed E-state index contributed by atoms with van der Waals surface area (Å²) in [5.41, 5.74) is 1.32. The standard InChI is InChI=1S/C25H24O2/c1-24(26)19-11-18-23(24)27-25(20-12-5-2-6-13-20,21-14-7-3-8-15-21)22-16-9-4-10-17-22/h2-10,12-18,26H,11,19H2,1H3. The fraction of sp³-hybridized carbons (Fsp3) is 0.200. The van der Waals surface area contributed by atoms with Crippen LogP contribution in [0.1, 0.15) is 36.5 Å². The summed E-state index contributed by atoms with van der Waals surface area (Å²) in [7, 11) is 0. The van der Waals surface area contributed by atoms with Crippen molar-refractivity contribution in [3.05, 3.63) is 120 Å². The molecule has 0 bridgehead atoms. The minimum absolute atomic E-state index is 0.638. The molecule has 136 valence electrons. The van der Waals surface area contributed by atoms with E-state index in [0.717, 1.165) is 23.1 Å². The number of rotatable bonds is 5. The molecule has 0 aromatic heterocycles. The van der Waals surface area contributed by atoms with E-state index in [1.54, 1.807) is 0 Å². The molecule has 0 spiro atoms. The van der Waals surface area contributed by atoms with Crippen LogP contribution in [-0.4, -0.2) is 10.7 Å². The zero-order chi connectivity index (χ0) is 18.7. The van der Waals surface area contributed by atoms with Gasteiger partial charge in [-0.1, -0.05) is 91.0 Å². The molecular formula is C25H24O2. The Bertz CT molecular complexity index is 816. The normalized spacial score (nSPS) is 19.6. The van der Waals surface area contributed by atoms with Crippen LogP contribution in [0.2, 0.25) is 0 Å². The van der Waals surface area contributed by atoms with Crippen molar-refractivity contribution in [3.63, 3.8) is 0 Å². The molecule has 1 N–H and O–H groups in total. The van der Waals surface area contributed by atoms with Gasteiger partial charge in [0.05, 0.1) is 0 Å². The summed E-state index contributed by atoms with van der Waals surface area (Å²) in [6.07, 6.45) is 3.51. The molecule has 1 unspecified atom stereocenters. The molecule has 3 aromatic carbocycles. The highest BCUT2D eigenvalue weighted by atomic mass is 16.5. The van der Waals surface area contributed by atoms with Crippen molar-refractivity contribution < 1.29 is 9.84 Å². The molecule has 0 aliphatic heterocycles. The van der Waals surface area contributed by atoms with E-state index >= 15 is 0 Å². The van der Waals surface area contributed by atoms with Crippen molar-refractivity contribution in [3.8, 4) is 0 Å². The Morgan fingerprint density at radius 3 is 1.48 bits per heavy atom. The second kappa shape index (κ2) is 7.05. The minimum atomic E-state index is -0.955. The molecule has 0 saturated carbocycles. The second-order valence-corrected chi connectivity index (χ2v) is 7.26. The van der Waals surface area contributed by atoms with Gasteiger partial charge in [0.25, 0.3) is 0 Å². The predicted octanol–water partition coefficient (Wildman–Crippen LogP) is 5.42. The Balaban J connectivity index is 1.98. The van der Waals surface area contributed by atoms with Crippen molar-refractivity contribution in [1.82, 2.24) is 0 Å². The van der Waals surface area contributed by atoms with Crippen LogP contribution >= 0.6 is 0 Å². The van der Waals surface area contributed by atoms with Crippen LogP contribution in [-0.2, 0) is 10.3 Å². The third-order valence-electron chi connectivity index (χ3n) is 5.30. The third kappa shape index (κ3) is 3.17. The van der Waals surface area contributed by atoms with Gasteiger partial charge < -0.3 is 9.84 Å². The van der Waals surface area contributed by atoms with Gasteiger partial charge in [0, 0.05) is 16.7 Å². The Hall–Kier alpha value is -2.84. The lowest BCUT2D eigenvalue weighted by molar-refractivity contribution is -0.0188. The quantitative estimate of drug-likeness (QED) is 0.618. The third-order valence-corrected chi connectivity index (χ3v) is 5.30. The van der Waals surface area contributed by atoms with Gasteiger partial charge in [0.2, 0.25) is 0 Å². The first-order chi connectivity index (χ1) is 13.1. The molecule has 0 amide bonds. The van der Waals surface area contributed by atoms with E-state index in [4.69, 9.17) is 4.74 Å². The largest absolute Gasteiger partial charge is 0.475 e. The smallest absolute Gasteiger partial charge is 0.184 e. The van der Waals surface area contributed by atoms with Gasteiger partial charge >= 0.3 is 0 Å². The highest BCUT2D eigenvalue weighted by Crippen LogP contribution is 2.45. The molecule has 0 fully saturated rings. The number of hydrogen-bond donors (Lipinski definition) is 1. The van der Waals surface area contributed by atoms with Crippen molar-refractivity contribution in [2.45, 2.75) is 31.0 Å². The molecule has 2 nitrogen and oxygen atoms in total. The molecular weight excluding hydrogens is 332 g/mol. The first-order valence-corrected chi connectivity index (χ1v) is 9.41. The fourth-order valence-corrected chi connectivity index (χ4v) is 3.84. The summed E-state index contributed by atoms with van der Waals surface area (Å²) in [4.78, 5) is 0. The maximum absolute atomic E-state index is 10.9. The van der Waals surface area contributed by atoms with Gasteiger partial charge in [-0.3, -0.25) is 0 Å². The van der Waals surface area contributed by atoms with Crippen LogP contribution in [0, 0.1) is 0 Å². The Morgan fingerprint density at radius 1 is 0.741 bits per heavy atom. The molecule has 1 aliphatic rings. The average Bonchev–Trinajstić information content (AvgIpc) is 3.06. The number of aliphatic hydroxyl groups is 1. The van der Waals surface area contributed by atoms with Crippen LogP contribution in [0.3, 0.4) is 0 Å². The van der Waals surface area contributed by atoms with E-state index < -0.39 is 11.2 Å². The Morgan fingerprint density at radius 2 is 1.15 bits per heavy atom. The zero-order valence-electron chi connectivity index (χ0n) is 15.5. The number of ether oxygens (including phenoxy) is 1. The summed E-state index contributed by atoms with van der Waals surface area (Å²) in [6, 6.07) is 30.7. The summed E-state index contributed by atoms with van der Waals surface area (Å²) in [5, 5.41) is 10.9. The zero-order valence-corrected chi connectivity index (χ0v) is 15.5. The highest BCUT2D eigenvalue weighted by molar-refractivity contribution is 5.48. The Labute approximate surface area is 160 Å². The highest BCUT2D eigenvalue weighted by Gasteiger charge is 2.43. The van der Waals surface area contributed by atoms with Crippen LogP contribution in [0.15, 0.2) is 103 Å². The summed E-state index contributed by atoms with van der Waals surface area (Å²) in [6.45, 7) is 1.83. The molecule has 0 radical (unpaired) electrons. The van der Waals surface area contributed by atoms with Crippen LogP contribution in [0.25, 0.3) is 0 Å². The minimum Gasteiger partial charge on any atom is -0.475 e. The number of allylic oxidation sites excluding steroid dienone is 1. The van der Waals surface area contributed by atoms with Gasteiger partial charge in [0.15, 0.2) is 5.60 Å². The molecule has 1 atom stereocenters. The number of benzene rings is 3. The van der Waals surface area contributed by atoms with Crippen LogP contribution in [0.5, 0.6) is 0 Å². The summed E-state index contributed by atoms with van der Waals surface area (Å²) in [5.74, 6) is 0.638. The Kier molecular flexibility index (Phi) is 4.59. The van der Waals surface area contributed by atoms with Gasteiger partial charge in [-0.05, 0) is 25.8 Å². The molecule has 2 heteroatoms. The van der Waals surface area contributed by atoms with Gasteiger partial charge in [-0.25, -0.2) is 0 Å². The van der Waals surface area contributed by atoms with Crippen LogP contribution in [0.4, 0.5) is 0 Å². The molecule has 27 heavy (non-hydrogen) atoms. The molecule has 4 rings (SSSR count). The van der Waals surface area contributed by atoms with Gasteiger partial charge in [0.1, 0.15) is 11.4 Å². The lowest BCUT2D eigenvalue weighted by Crippen LogP contribution is -2.37. The monoisotopic (exact) mass is 356 g/mol. The van der Waals surface area contributed by atoms with E-state index in [2.05, 4.69) is 36.4 Å². The fourth-order valence-electron chi connectivity index (χ4n) is 3.84. The predicted molar refractivity (Wildman–Crippen MR) is 108 cm³/mol. The summed E-state index contributed by atoms with van der Waals surface area (Å²) < 4.78 is 6.78. The van der Waals surface area contributed by atoms with Crippen molar-refractivity contribution in [2.75, 3.05) is 0 Å². The van der Waals surface area contributed by atoms with Crippen LogP contribution < -0.4 is 0 Å². The average molecular weight is 356 g/mol.